The van der Waals surface area contributed by atoms with Gasteiger partial charge in [0.1, 0.15) is 0 Å². The first kappa shape index (κ1) is 14.4. The first-order valence-corrected chi connectivity index (χ1v) is 6.51. The molecule has 1 atom stereocenters. The van der Waals surface area contributed by atoms with Crippen molar-refractivity contribution in [3.63, 3.8) is 0 Å². The van der Waals surface area contributed by atoms with Gasteiger partial charge >= 0.3 is 0 Å². The molecular weight excluding hydrogens is 276 g/mol. The Balaban J connectivity index is 2.17. The zero-order chi connectivity index (χ0) is 14.5. The monoisotopic (exact) mass is 290 g/mol. The number of aliphatic hydroxyl groups is 1. The fraction of sp³-hybridized carbons (Fsp3) is 0.133. The van der Waals surface area contributed by atoms with Gasteiger partial charge in [0, 0.05) is 10.7 Å². The van der Waals surface area contributed by atoms with Crippen LogP contribution >= 0.6 is 11.6 Å². The van der Waals surface area contributed by atoms with E-state index in [4.69, 9.17) is 17.3 Å². The van der Waals surface area contributed by atoms with Crippen molar-refractivity contribution in [1.29, 1.82) is 0 Å². The van der Waals surface area contributed by atoms with E-state index in [-0.39, 0.29) is 12.5 Å². The highest BCUT2D eigenvalue weighted by atomic mass is 35.5. The minimum atomic E-state index is -0.473. The number of amides is 1. The van der Waals surface area contributed by atoms with Crippen LogP contribution in [0.25, 0.3) is 0 Å². The molecule has 1 amide bonds. The lowest BCUT2D eigenvalue weighted by molar-refractivity contribution is 0.0917. The minimum Gasteiger partial charge on any atom is -0.398 e. The average Bonchev–Trinajstić information content (AvgIpc) is 2.45. The minimum absolute atomic E-state index is 0.191. The molecule has 0 fully saturated rings. The largest absolute Gasteiger partial charge is 0.398 e. The van der Waals surface area contributed by atoms with Crippen molar-refractivity contribution in [3.05, 3.63) is 64.7 Å². The quantitative estimate of drug-likeness (QED) is 0.757. The van der Waals surface area contributed by atoms with Crippen LogP contribution in [0.15, 0.2) is 48.5 Å². The molecule has 5 heteroatoms. The van der Waals surface area contributed by atoms with E-state index < -0.39 is 6.04 Å². The van der Waals surface area contributed by atoms with Gasteiger partial charge in [-0.1, -0.05) is 41.9 Å². The van der Waals surface area contributed by atoms with E-state index in [0.29, 0.717) is 16.3 Å². The van der Waals surface area contributed by atoms with Crippen LogP contribution in [0.2, 0.25) is 5.02 Å². The number of benzene rings is 2. The molecule has 0 aliphatic rings. The Morgan fingerprint density at radius 2 is 1.95 bits per heavy atom. The third-order valence-corrected chi connectivity index (χ3v) is 3.18. The highest BCUT2D eigenvalue weighted by molar-refractivity contribution is 6.31. The maximum absolute atomic E-state index is 12.2. The van der Waals surface area contributed by atoms with Gasteiger partial charge in [-0.15, -0.1) is 0 Å². The summed E-state index contributed by atoms with van der Waals surface area (Å²) in [5.41, 5.74) is 7.24. The van der Waals surface area contributed by atoms with Gasteiger partial charge in [0.05, 0.1) is 18.2 Å². The zero-order valence-corrected chi connectivity index (χ0v) is 11.5. The third-order valence-electron chi connectivity index (χ3n) is 2.95. The van der Waals surface area contributed by atoms with Gasteiger partial charge in [-0.3, -0.25) is 4.79 Å². The van der Waals surface area contributed by atoms with E-state index >= 15 is 0 Å². The maximum atomic E-state index is 12.2. The molecule has 0 heterocycles. The number of halogens is 1. The topological polar surface area (TPSA) is 75.4 Å². The molecule has 0 radical (unpaired) electrons. The summed E-state index contributed by atoms with van der Waals surface area (Å²) in [6.07, 6.45) is 0. The van der Waals surface area contributed by atoms with E-state index in [2.05, 4.69) is 5.32 Å². The Morgan fingerprint density at radius 1 is 1.25 bits per heavy atom. The van der Waals surface area contributed by atoms with Gasteiger partial charge in [0.25, 0.3) is 5.91 Å². The van der Waals surface area contributed by atoms with Crippen LogP contribution in [0, 0.1) is 0 Å². The Labute approximate surface area is 122 Å². The molecule has 0 aromatic heterocycles. The number of hydrogen-bond donors (Lipinski definition) is 3. The van der Waals surface area contributed by atoms with Crippen LogP contribution in [0.1, 0.15) is 22.0 Å². The smallest absolute Gasteiger partial charge is 0.253 e. The van der Waals surface area contributed by atoms with Crippen LogP contribution in [-0.4, -0.2) is 17.6 Å². The summed E-state index contributed by atoms with van der Waals surface area (Å²) in [7, 11) is 0. The number of rotatable bonds is 4. The molecule has 0 saturated carbocycles. The van der Waals surface area contributed by atoms with Crippen molar-refractivity contribution in [2.45, 2.75) is 6.04 Å². The Bertz CT molecular complexity index is 602. The summed E-state index contributed by atoms with van der Waals surface area (Å²) in [6.45, 7) is -0.191. The van der Waals surface area contributed by atoms with Gasteiger partial charge in [-0.25, -0.2) is 0 Å². The summed E-state index contributed by atoms with van der Waals surface area (Å²) in [6, 6.07) is 13.5. The molecular formula is C15H15ClN2O2. The van der Waals surface area contributed by atoms with Crippen LogP contribution in [0.3, 0.4) is 0 Å². The first-order valence-electron chi connectivity index (χ1n) is 6.13. The second-order valence-electron chi connectivity index (χ2n) is 4.35. The standard InChI is InChI=1S/C15H15ClN2O2/c16-11-6-7-12(13(17)8-11)15(20)18-14(9-19)10-4-2-1-3-5-10/h1-8,14,19H,9,17H2,(H,18,20)/t14-/m0/s1. The second kappa shape index (κ2) is 6.41. The summed E-state index contributed by atoms with van der Waals surface area (Å²) >= 11 is 5.80. The van der Waals surface area contributed by atoms with Gasteiger partial charge in [0.15, 0.2) is 0 Å². The van der Waals surface area contributed by atoms with Gasteiger partial charge in [-0.2, -0.15) is 0 Å². The van der Waals surface area contributed by atoms with Gasteiger partial charge < -0.3 is 16.2 Å². The van der Waals surface area contributed by atoms with E-state index in [1.165, 1.54) is 6.07 Å². The number of hydrogen-bond acceptors (Lipinski definition) is 3. The van der Waals surface area contributed by atoms with Crippen molar-refractivity contribution in [1.82, 2.24) is 5.32 Å². The normalized spacial score (nSPS) is 11.9. The molecule has 0 aliphatic heterocycles. The number of carbonyl (C=O) groups excluding carboxylic acids is 1. The molecule has 2 aromatic carbocycles. The fourth-order valence-corrected chi connectivity index (χ4v) is 2.08. The molecule has 2 rings (SSSR count). The van der Waals surface area contributed by atoms with Gasteiger partial charge in [0.2, 0.25) is 0 Å². The molecule has 0 spiro atoms. The fourth-order valence-electron chi connectivity index (χ4n) is 1.90. The highest BCUT2D eigenvalue weighted by Crippen LogP contribution is 2.19. The molecule has 104 valence electrons. The maximum Gasteiger partial charge on any atom is 0.253 e. The van der Waals surface area contributed by atoms with Crippen molar-refractivity contribution in [2.24, 2.45) is 0 Å². The van der Waals surface area contributed by atoms with E-state index in [9.17, 15) is 9.90 Å². The third kappa shape index (κ3) is 3.29. The summed E-state index contributed by atoms with van der Waals surface area (Å²) in [5, 5.41) is 12.6. The zero-order valence-electron chi connectivity index (χ0n) is 10.7. The van der Waals surface area contributed by atoms with Crippen LogP contribution in [0.4, 0.5) is 5.69 Å². The molecule has 0 bridgehead atoms. The number of carbonyl (C=O) groups is 1. The van der Waals surface area contributed by atoms with E-state index in [0.717, 1.165) is 5.56 Å². The highest BCUT2D eigenvalue weighted by Gasteiger charge is 2.16. The van der Waals surface area contributed by atoms with Crippen LogP contribution in [0.5, 0.6) is 0 Å². The molecule has 0 aliphatic carbocycles. The summed E-state index contributed by atoms with van der Waals surface area (Å²) in [5.74, 6) is -0.345. The first-order chi connectivity index (χ1) is 9.61. The lowest BCUT2D eigenvalue weighted by Gasteiger charge is -2.17. The molecule has 0 saturated heterocycles. The van der Waals surface area contributed by atoms with Crippen LogP contribution < -0.4 is 11.1 Å². The van der Waals surface area contributed by atoms with Crippen molar-refractivity contribution < 1.29 is 9.90 Å². The number of nitrogens with two attached hydrogens (primary N) is 1. The predicted molar refractivity (Wildman–Crippen MR) is 79.6 cm³/mol. The lowest BCUT2D eigenvalue weighted by atomic mass is 10.1. The van der Waals surface area contributed by atoms with Crippen LogP contribution in [-0.2, 0) is 0 Å². The molecule has 20 heavy (non-hydrogen) atoms. The van der Waals surface area contributed by atoms with Crippen molar-refractivity contribution in [3.8, 4) is 0 Å². The van der Waals surface area contributed by atoms with E-state index in [1.54, 1.807) is 12.1 Å². The summed E-state index contributed by atoms with van der Waals surface area (Å²) in [4.78, 5) is 12.2. The lowest BCUT2D eigenvalue weighted by Crippen LogP contribution is -2.31. The Hall–Kier alpha value is -2.04. The second-order valence-corrected chi connectivity index (χ2v) is 4.79. The van der Waals surface area contributed by atoms with Gasteiger partial charge in [-0.05, 0) is 23.8 Å². The predicted octanol–water partition coefficient (Wildman–Crippen LogP) is 2.39. The number of aliphatic hydroxyl groups excluding tert-OH is 1. The summed E-state index contributed by atoms with van der Waals surface area (Å²) < 4.78 is 0. The molecule has 4 nitrogen and oxygen atoms in total. The molecule has 0 unspecified atom stereocenters. The number of nitrogens with one attached hydrogen (secondary N) is 1. The Morgan fingerprint density at radius 3 is 2.55 bits per heavy atom. The van der Waals surface area contributed by atoms with Crippen molar-refractivity contribution in [2.75, 3.05) is 12.3 Å². The SMILES string of the molecule is Nc1cc(Cl)ccc1C(=O)N[C@@H](CO)c1ccccc1. The Kier molecular flexibility index (Phi) is 4.61. The number of anilines is 1. The average molecular weight is 291 g/mol. The van der Waals surface area contributed by atoms with Crippen molar-refractivity contribution >= 4 is 23.2 Å². The molecule has 4 N–H and O–H groups in total. The molecule has 2 aromatic rings. The van der Waals surface area contributed by atoms with E-state index in [1.807, 2.05) is 30.3 Å². The number of nitrogen functional groups attached to an aromatic ring is 1.